The lowest BCUT2D eigenvalue weighted by Gasteiger charge is -2.10. The van der Waals surface area contributed by atoms with Crippen LogP contribution in [0, 0.1) is 0 Å². The van der Waals surface area contributed by atoms with E-state index in [9.17, 15) is 13.2 Å². The Bertz CT molecular complexity index is 550. The fourth-order valence-corrected chi connectivity index (χ4v) is 1.41. The van der Waals surface area contributed by atoms with Crippen LogP contribution in [0.3, 0.4) is 0 Å². The third-order valence-corrected chi connectivity index (χ3v) is 2.04. The first-order valence-electron chi connectivity index (χ1n) is 4.28. The number of rotatable bonds is 0. The van der Waals surface area contributed by atoms with Crippen LogP contribution in [0.25, 0.3) is 10.9 Å². The van der Waals surface area contributed by atoms with E-state index in [4.69, 9.17) is 11.5 Å². The summed E-state index contributed by atoms with van der Waals surface area (Å²) in [5, 5.41) is -0.151. The number of hydrogen-bond acceptors (Lipinski definition) is 4. The van der Waals surface area contributed by atoms with Crippen LogP contribution in [0.4, 0.5) is 24.8 Å². The molecule has 7 heteroatoms. The first kappa shape index (κ1) is 10.5. The molecule has 0 saturated heterocycles. The number of alkyl halides is 3. The maximum Gasteiger partial charge on any atom is 0.434 e. The minimum absolute atomic E-state index is 0.0160. The molecule has 0 bridgehead atoms. The quantitative estimate of drug-likeness (QED) is 0.674. The van der Waals surface area contributed by atoms with Gasteiger partial charge in [-0.15, -0.1) is 0 Å². The highest BCUT2D eigenvalue weighted by Gasteiger charge is 2.35. The summed E-state index contributed by atoms with van der Waals surface area (Å²) < 4.78 is 37.9. The van der Waals surface area contributed by atoms with E-state index in [1.54, 1.807) is 0 Å². The molecule has 4 N–H and O–H groups in total. The van der Waals surface area contributed by atoms with E-state index in [2.05, 4.69) is 9.97 Å². The number of nitrogen functional groups attached to an aromatic ring is 2. The van der Waals surface area contributed by atoms with Gasteiger partial charge in [0.25, 0.3) is 0 Å². The molecule has 0 fully saturated rings. The van der Waals surface area contributed by atoms with Crippen LogP contribution in [-0.4, -0.2) is 9.97 Å². The van der Waals surface area contributed by atoms with Gasteiger partial charge in [0.05, 0.1) is 11.2 Å². The molecule has 2 aromatic rings. The molecule has 0 aliphatic rings. The Labute approximate surface area is 88.1 Å². The first-order valence-corrected chi connectivity index (χ1v) is 4.28. The van der Waals surface area contributed by atoms with Crippen LogP contribution in [0.5, 0.6) is 0 Å². The lowest BCUT2D eigenvalue weighted by atomic mass is 10.1. The summed E-state index contributed by atoms with van der Waals surface area (Å²) in [4.78, 5) is 6.89. The zero-order valence-corrected chi connectivity index (χ0v) is 7.92. The van der Waals surface area contributed by atoms with Gasteiger partial charge in [-0.1, -0.05) is 12.1 Å². The van der Waals surface area contributed by atoms with Crippen molar-refractivity contribution in [3.8, 4) is 0 Å². The van der Waals surface area contributed by atoms with E-state index < -0.39 is 17.8 Å². The summed E-state index contributed by atoms with van der Waals surface area (Å²) in [6.45, 7) is 0. The molecule has 0 spiro atoms. The minimum atomic E-state index is -4.58. The van der Waals surface area contributed by atoms with Crippen molar-refractivity contribution >= 4 is 22.5 Å². The molecule has 0 unspecified atom stereocenters. The molecule has 84 valence electrons. The smallest absolute Gasteiger partial charge is 0.397 e. The Morgan fingerprint density at radius 1 is 1.06 bits per heavy atom. The molecule has 0 aliphatic heterocycles. The summed E-state index contributed by atoms with van der Waals surface area (Å²) in [5.74, 6) is -0.447. The van der Waals surface area contributed by atoms with E-state index >= 15 is 0 Å². The third-order valence-electron chi connectivity index (χ3n) is 2.04. The molecule has 0 saturated carbocycles. The second-order valence-electron chi connectivity index (χ2n) is 3.17. The highest BCUT2D eigenvalue weighted by atomic mass is 19.4. The van der Waals surface area contributed by atoms with Gasteiger partial charge in [-0.25, -0.2) is 9.97 Å². The molecular weight excluding hydrogens is 221 g/mol. The topological polar surface area (TPSA) is 77.8 Å². The molecule has 0 amide bonds. The molecule has 1 heterocycles. The normalized spacial score (nSPS) is 11.9. The summed E-state index contributed by atoms with van der Waals surface area (Å²) in [7, 11) is 0. The van der Waals surface area contributed by atoms with Gasteiger partial charge in [-0.05, 0) is 6.07 Å². The van der Waals surface area contributed by atoms with Crippen molar-refractivity contribution in [1.82, 2.24) is 9.97 Å². The lowest BCUT2D eigenvalue weighted by molar-refractivity contribution is -0.139. The van der Waals surface area contributed by atoms with Crippen molar-refractivity contribution in [2.24, 2.45) is 0 Å². The van der Waals surface area contributed by atoms with Crippen molar-refractivity contribution in [2.75, 3.05) is 11.5 Å². The summed E-state index contributed by atoms with van der Waals surface area (Å²) in [6, 6.07) is 4.12. The molecule has 2 rings (SSSR count). The number of halogens is 3. The van der Waals surface area contributed by atoms with Crippen LogP contribution in [0.15, 0.2) is 18.2 Å². The number of aromatic nitrogens is 2. The molecule has 4 nitrogen and oxygen atoms in total. The van der Waals surface area contributed by atoms with Gasteiger partial charge in [0.1, 0.15) is 0 Å². The van der Waals surface area contributed by atoms with Crippen LogP contribution in [0.1, 0.15) is 5.69 Å². The number of fused-ring (bicyclic) bond motifs is 1. The van der Waals surface area contributed by atoms with E-state index in [0.717, 1.165) is 0 Å². The highest BCUT2D eigenvalue weighted by Crippen LogP contribution is 2.34. The van der Waals surface area contributed by atoms with Crippen LogP contribution < -0.4 is 11.5 Å². The second-order valence-corrected chi connectivity index (χ2v) is 3.17. The predicted molar refractivity (Wildman–Crippen MR) is 53.4 cm³/mol. The Kier molecular flexibility index (Phi) is 2.11. The number of nitrogens with zero attached hydrogens (tertiary/aromatic N) is 2. The predicted octanol–water partition coefficient (Wildman–Crippen LogP) is 1.81. The van der Waals surface area contributed by atoms with E-state index in [1.807, 2.05) is 0 Å². The van der Waals surface area contributed by atoms with Gasteiger partial charge in [-0.3, -0.25) is 0 Å². The molecular formula is C9H7F3N4. The van der Waals surface area contributed by atoms with Gasteiger partial charge < -0.3 is 11.5 Å². The Hall–Kier alpha value is -2.05. The van der Waals surface area contributed by atoms with Crippen LogP contribution in [0.2, 0.25) is 0 Å². The third kappa shape index (κ3) is 1.60. The lowest BCUT2D eigenvalue weighted by Crippen LogP contribution is -2.12. The van der Waals surface area contributed by atoms with Crippen LogP contribution in [-0.2, 0) is 6.18 Å². The van der Waals surface area contributed by atoms with Gasteiger partial charge >= 0.3 is 6.18 Å². The molecule has 0 aliphatic carbocycles. The molecule has 0 radical (unpaired) electrons. The van der Waals surface area contributed by atoms with Gasteiger partial charge in [0, 0.05) is 5.39 Å². The monoisotopic (exact) mass is 228 g/mol. The number of nitrogens with two attached hydrogens (primary N) is 2. The average Bonchev–Trinajstić information content (AvgIpc) is 2.17. The number of hydrogen-bond donors (Lipinski definition) is 2. The Morgan fingerprint density at radius 3 is 2.38 bits per heavy atom. The SMILES string of the molecule is Nc1nc(C(F)(F)F)c2cccc(N)c2n1. The Morgan fingerprint density at radius 2 is 1.75 bits per heavy atom. The number of para-hydroxylation sites is 1. The minimum Gasteiger partial charge on any atom is -0.397 e. The summed E-state index contributed by atoms with van der Waals surface area (Å²) in [5.41, 5.74) is 9.82. The van der Waals surface area contributed by atoms with Gasteiger partial charge in [0.2, 0.25) is 5.95 Å². The standard InChI is InChI=1S/C9H7F3N4/c10-9(11,12)7-4-2-1-3-5(13)6(4)15-8(14)16-7/h1-3H,13H2,(H2,14,15,16). The number of anilines is 2. The maximum absolute atomic E-state index is 12.6. The maximum atomic E-state index is 12.6. The van der Waals surface area contributed by atoms with Crippen molar-refractivity contribution in [3.05, 3.63) is 23.9 Å². The van der Waals surface area contributed by atoms with Crippen molar-refractivity contribution in [2.45, 2.75) is 6.18 Å². The molecule has 16 heavy (non-hydrogen) atoms. The average molecular weight is 228 g/mol. The largest absolute Gasteiger partial charge is 0.434 e. The number of benzene rings is 1. The van der Waals surface area contributed by atoms with E-state index in [1.165, 1.54) is 18.2 Å². The highest BCUT2D eigenvalue weighted by molar-refractivity contribution is 5.91. The fourth-order valence-electron chi connectivity index (χ4n) is 1.41. The van der Waals surface area contributed by atoms with E-state index in [0.29, 0.717) is 0 Å². The zero-order valence-electron chi connectivity index (χ0n) is 7.92. The van der Waals surface area contributed by atoms with Crippen molar-refractivity contribution in [3.63, 3.8) is 0 Å². The summed E-state index contributed by atoms with van der Waals surface area (Å²) >= 11 is 0. The molecule has 1 aromatic heterocycles. The fraction of sp³-hybridized carbons (Fsp3) is 0.111. The second kappa shape index (κ2) is 3.22. The summed E-state index contributed by atoms with van der Waals surface area (Å²) in [6.07, 6.45) is -4.58. The van der Waals surface area contributed by atoms with Crippen molar-refractivity contribution in [1.29, 1.82) is 0 Å². The zero-order chi connectivity index (χ0) is 11.9. The Balaban J connectivity index is 2.89. The van der Waals surface area contributed by atoms with Crippen molar-refractivity contribution < 1.29 is 13.2 Å². The molecule has 1 aromatic carbocycles. The van der Waals surface area contributed by atoms with Gasteiger partial charge in [0.15, 0.2) is 5.69 Å². The van der Waals surface area contributed by atoms with Gasteiger partial charge in [-0.2, -0.15) is 13.2 Å². The molecule has 0 atom stereocenters. The first-order chi connectivity index (χ1) is 7.39. The van der Waals surface area contributed by atoms with Crippen LogP contribution >= 0.6 is 0 Å². The van der Waals surface area contributed by atoms with E-state index in [-0.39, 0.29) is 16.6 Å².